The minimum atomic E-state index is -0.625. The first-order valence-electron chi connectivity index (χ1n) is 8.05. The lowest BCUT2D eigenvalue weighted by molar-refractivity contribution is -0.0779. The van der Waals surface area contributed by atoms with Crippen LogP contribution in [0.5, 0.6) is 0 Å². The Morgan fingerprint density at radius 1 is 1.33 bits per heavy atom. The van der Waals surface area contributed by atoms with Gasteiger partial charge in [-0.3, -0.25) is 9.63 Å². The standard InChI is InChI=1S/C16H20N4O4/c1-18-14-3-2-11(15(22)20-9-12(21)10-24-20)8-13(14)17-16(18)19-4-6-23-7-5-19/h2-3,8,12,21H,4-7,9-10H2,1H3/t12-/m1/s1. The fourth-order valence-corrected chi connectivity index (χ4v) is 3.12. The number of anilines is 1. The van der Waals surface area contributed by atoms with Crippen LogP contribution in [0.15, 0.2) is 18.2 Å². The van der Waals surface area contributed by atoms with Gasteiger partial charge >= 0.3 is 0 Å². The van der Waals surface area contributed by atoms with Crippen LogP contribution in [0, 0.1) is 0 Å². The lowest BCUT2D eigenvalue weighted by Crippen LogP contribution is -2.37. The van der Waals surface area contributed by atoms with Crippen molar-refractivity contribution in [2.45, 2.75) is 6.10 Å². The molecule has 4 rings (SSSR count). The second kappa shape index (κ2) is 6.04. The number of hydrogen-bond acceptors (Lipinski definition) is 6. The summed E-state index contributed by atoms with van der Waals surface area (Å²) in [5, 5.41) is 10.7. The molecule has 1 atom stereocenters. The van der Waals surface area contributed by atoms with Gasteiger partial charge in [0.25, 0.3) is 5.91 Å². The number of aliphatic hydroxyl groups is 1. The SMILES string of the molecule is Cn1c(N2CCOCC2)nc2cc(C(=O)N3C[C@@H](O)CO3)ccc21. The fraction of sp³-hybridized carbons (Fsp3) is 0.500. The number of carbonyl (C=O) groups is 1. The largest absolute Gasteiger partial charge is 0.389 e. The quantitative estimate of drug-likeness (QED) is 0.844. The molecule has 128 valence electrons. The second-order valence-electron chi connectivity index (χ2n) is 6.09. The molecule has 2 fully saturated rings. The molecule has 2 aromatic rings. The minimum absolute atomic E-state index is 0.152. The van der Waals surface area contributed by atoms with Crippen LogP contribution in [0.3, 0.4) is 0 Å². The number of aromatic nitrogens is 2. The van der Waals surface area contributed by atoms with Crippen LogP contribution in [0.2, 0.25) is 0 Å². The number of amides is 1. The number of fused-ring (bicyclic) bond motifs is 1. The summed E-state index contributed by atoms with van der Waals surface area (Å²) < 4.78 is 7.42. The van der Waals surface area contributed by atoms with Crippen molar-refractivity contribution in [2.75, 3.05) is 44.4 Å². The number of carbonyl (C=O) groups excluding carboxylic acids is 1. The number of hydrogen-bond donors (Lipinski definition) is 1. The molecular weight excluding hydrogens is 312 g/mol. The van der Waals surface area contributed by atoms with Crippen LogP contribution < -0.4 is 4.90 Å². The number of aliphatic hydroxyl groups excluding tert-OH is 1. The summed E-state index contributed by atoms with van der Waals surface area (Å²) >= 11 is 0. The van der Waals surface area contributed by atoms with Gasteiger partial charge in [0.2, 0.25) is 5.95 Å². The van der Waals surface area contributed by atoms with E-state index in [0.29, 0.717) is 18.8 Å². The number of hydroxylamine groups is 2. The third-order valence-corrected chi connectivity index (χ3v) is 4.42. The number of benzene rings is 1. The molecule has 0 spiro atoms. The first kappa shape index (κ1) is 15.4. The van der Waals surface area contributed by atoms with Crippen molar-refractivity contribution in [3.05, 3.63) is 23.8 Å². The van der Waals surface area contributed by atoms with Crippen molar-refractivity contribution in [3.63, 3.8) is 0 Å². The molecule has 2 aliphatic heterocycles. The summed E-state index contributed by atoms with van der Waals surface area (Å²) in [6.45, 7) is 3.35. The molecule has 8 heteroatoms. The minimum Gasteiger partial charge on any atom is -0.389 e. The highest BCUT2D eigenvalue weighted by Gasteiger charge is 2.27. The smallest absolute Gasteiger partial charge is 0.277 e. The Kier molecular flexibility index (Phi) is 3.87. The van der Waals surface area contributed by atoms with Gasteiger partial charge in [0, 0.05) is 25.7 Å². The molecule has 1 amide bonds. The maximum Gasteiger partial charge on any atom is 0.277 e. The van der Waals surface area contributed by atoms with Crippen LogP contribution in [-0.2, 0) is 16.6 Å². The Hall–Kier alpha value is -2.16. The van der Waals surface area contributed by atoms with E-state index in [0.717, 1.165) is 30.1 Å². The van der Waals surface area contributed by atoms with Crippen LogP contribution in [0.25, 0.3) is 11.0 Å². The number of rotatable bonds is 2. The van der Waals surface area contributed by atoms with Crippen LogP contribution >= 0.6 is 0 Å². The molecule has 24 heavy (non-hydrogen) atoms. The van der Waals surface area contributed by atoms with Gasteiger partial charge in [0.15, 0.2) is 0 Å². The molecule has 0 saturated carbocycles. The number of morpholine rings is 1. The lowest BCUT2D eigenvalue weighted by Gasteiger charge is -2.27. The van der Waals surface area contributed by atoms with Crippen molar-refractivity contribution < 1.29 is 19.5 Å². The lowest BCUT2D eigenvalue weighted by atomic mass is 10.2. The van der Waals surface area contributed by atoms with E-state index in [1.54, 1.807) is 12.1 Å². The number of nitrogens with zero attached hydrogens (tertiary/aromatic N) is 4. The fourth-order valence-electron chi connectivity index (χ4n) is 3.12. The Morgan fingerprint density at radius 2 is 2.12 bits per heavy atom. The molecule has 8 nitrogen and oxygen atoms in total. The van der Waals surface area contributed by atoms with E-state index in [1.807, 2.05) is 17.7 Å². The van der Waals surface area contributed by atoms with Crippen molar-refractivity contribution in [3.8, 4) is 0 Å². The average molecular weight is 332 g/mol. The Balaban J connectivity index is 1.64. The molecule has 1 N–H and O–H groups in total. The van der Waals surface area contributed by atoms with Gasteiger partial charge in [0.1, 0.15) is 12.7 Å². The van der Waals surface area contributed by atoms with E-state index in [9.17, 15) is 9.90 Å². The maximum atomic E-state index is 12.5. The van der Waals surface area contributed by atoms with Crippen molar-refractivity contribution in [1.29, 1.82) is 0 Å². The molecule has 0 unspecified atom stereocenters. The predicted molar refractivity (Wildman–Crippen MR) is 86.7 cm³/mol. The molecule has 0 radical (unpaired) electrons. The van der Waals surface area contributed by atoms with Gasteiger partial charge in [-0.15, -0.1) is 0 Å². The highest BCUT2D eigenvalue weighted by Crippen LogP contribution is 2.24. The van der Waals surface area contributed by atoms with E-state index in [-0.39, 0.29) is 19.1 Å². The summed E-state index contributed by atoms with van der Waals surface area (Å²) in [4.78, 5) is 24.5. The molecule has 0 aliphatic carbocycles. The highest BCUT2D eigenvalue weighted by atomic mass is 16.7. The zero-order valence-electron chi connectivity index (χ0n) is 13.5. The molecule has 2 aliphatic rings. The van der Waals surface area contributed by atoms with Gasteiger partial charge in [-0.25, -0.2) is 10.0 Å². The zero-order valence-corrected chi connectivity index (χ0v) is 13.5. The van der Waals surface area contributed by atoms with Crippen LogP contribution in [0.1, 0.15) is 10.4 Å². The molecule has 1 aromatic heterocycles. The number of imidazole rings is 1. The summed E-state index contributed by atoms with van der Waals surface area (Å²) in [5.41, 5.74) is 2.24. The van der Waals surface area contributed by atoms with Crippen molar-refractivity contribution in [1.82, 2.24) is 14.6 Å². The Labute approximate surface area is 139 Å². The van der Waals surface area contributed by atoms with E-state index in [1.165, 1.54) is 5.06 Å². The van der Waals surface area contributed by atoms with E-state index < -0.39 is 6.10 Å². The number of β-amino-alcohol motifs (C(OH)–C–C–N with tert-alkyl or cyclic N) is 1. The molecular formula is C16H20N4O4. The Bertz CT molecular complexity index is 769. The van der Waals surface area contributed by atoms with E-state index >= 15 is 0 Å². The predicted octanol–water partition coefficient (Wildman–Crippen LogP) is 0.158. The van der Waals surface area contributed by atoms with Crippen molar-refractivity contribution >= 4 is 22.9 Å². The highest BCUT2D eigenvalue weighted by molar-refractivity contribution is 5.97. The van der Waals surface area contributed by atoms with Gasteiger partial charge < -0.3 is 19.3 Å². The third-order valence-electron chi connectivity index (χ3n) is 4.42. The van der Waals surface area contributed by atoms with Gasteiger partial charge in [-0.05, 0) is 18.2 Å². The second-order valence-corrected chi connectivity index (χ2v) is 6.09. The van der Waals surface area contributed by atoms with Gasteiger partial charge in [0.05, 0.1) is 30.8 Å². The summed E-state index contributed by atoms with van der Waals surface area (Å²) in [6.07, 6.45) is -0.625. The topological polar surface area (TPSA) is 80.1 Å². The third kappa shape index (κ3) is 2.62. The first-order chi connectivity index (χ1) is 11.6. The summed E-state index contributed by atoms with van der Waals surface area (Å²) in [5.74, 6) is 0.623. The maximum absolute atomic E-state index is 12.5. The van der Waals surface area contributed by atoms with Crippen molar-refractivity contribution in [2.24, 2.45) is 7.05 Å². The van der Waals surface area contributed by atoms with E-state index in [4.69, 9.17) is 14.6 Å². The zero-order chi connectivity index (χ0) is 16.7. The average Bonchev–Trinajstić information content (AvgIpc) is 3.18. The molecule has 2 saturated heterocycles. The van der Waals surface area contributed by atoms with Gasteiger partial charge in [-0.2, -0.15) is 0 Å². The summed E-state index contributed by atoms with van der Waals surface area (Å²) in [7, 11) is 1.97. The number of aryl methyl sites for hydroxylation is 1. The molecule has 1 aromatic carbocycles. The Morgan fingerprint density at radius 3 is 2.83 bits per heavy atom. The molecule has 3 heterocycles. The first-order valence-corrected chi connectivity index (χ1v) is 8.05. The molecule has 0 bridgehead atoms. The normalized spacial score (nSPS) is 21.7. The van der Waals surface area contributed by atoms with Crippen LogP contribution in [0.4, 0.5) is 5.95 Å². The number of ether oxygens (including phenoxy) is 1. The monoisotopic (exact) mass is 332 g/mol. The summed E-state index contributed by atoms with van der Waals surface area (Å²) in [6, 6.07) is 5.44. The van der Waals surface area contributed by atoms with E-state index in [2.05, 4.69) is 4.90 Å². The van der Waals surface area contributed by atoms with Gasteiger partial charge in [-0.1, -0.05) is 0 Å². The van der Waals surface area contributed by atoms with Crippen LogP contribution in [-0.4, -0.2) is 71.2 Å².